The number of nitrogens with two attached hydrogens (primary N) is 2. The van der Waals surface area contributed by atoms with Crippen LogP contribution < -0.4 is 21.7 Å². The van der Waals surface area contributed by atoms with Gasteiger partial charge in [0, 0.05) is 11.7 Å². The molecule has 1 saturated carbocycles. The fourth-order valence-electron chi connectivity index (χ4n) is 4.09. The van der Waals surface area contributed by atoms with Crippen LogP contribution in [0.1, 0.15) is 78.1 Å². The number of primary amides is 1. The maximum absolute atomic E-state index is 13.7. The lowest BCUT2D eigenvalue weighted by Crippen LogP contribution is -2.51. The normalized spacial score (nSPS) is 14.8. The number of nitrogens with zero attached hydrogens (tertiary/aromatic N) is 2. The Morgan fingerprint density at radius 1 is 1.19 bits per heavy atom. The van der Waals surface area contributed by atoms with Gasteiger partial charge in [-0.05, 0) is 54.9 Å². The second-order valence-corrected chi connectivity index (χ2v) is 8.90. The van der Waals surface area contributed by atoms with Crippen molar-refractivity contribution < 1.29 is 14.4 Å². The number of anilines is 2. The number of hydrogen-bond acceptors (Lipinski definition) is 6. The largest absolute Gasteiger partial charge is 0.395 e. The van der Waals surface area contributed by atoms with Gasteiger partial charge in [-0.15, -0.1) is 0 Å². The minimum Gasteiger partial charge on any atom is -0.395 e. The molecule has 2 aromatic rings. The lowest BCUT2D eigenvalue weighted by atomic mass is 10.0. The number of hydrogen-bond donors (Lipinski definition) is 3. The fourth-order valence-corrected chi connectivity index (χ4v) is 4.83. The molecule has 5 N–H and O–H groups in total. The fraction of sp³-hybridized carbons (Fsp3) is 0.478. The highest BCUT2D eigenvalue weighted by Crippen LogP contribution is 2.29. The van der Waals surface area contributed by atoms with Crippen molar-refractivity contribution in [1.29, 1.82) is 0 Å². The number of rotatable bonds is 9. The molecule has 8 nitrogen and oxygen atoms in total. The van der Waals surface area contributed by atoms with Crippen molar-refractivity contribution in [2.75, 3.05) is 10.6 Å². The Morgan fingerprint density at radius 3 is 2.38 bits per heavy atom. The molecule has 172 valence electrons. The van der Waals surface area contributed by atoms with Crippen molar-refractivity contribution in [2.24, 2.45) is 5.73 Å². The van der Waals surface area contributed by atoms with Gasteiger partial charge in [0.05, 0.1) is 5.69 Å². The summed E-state index contributed by atoms with van der Waals surface area (Å²) < 4.78 is 3.97. The van der Waals surface area contributed by atoms with Gasteiger partial charge in [0.25, 0.3) is 11.8 Å². The first-order valence-electron chi connectivity index (χ1n) is 11.1. The average Bonchev–Trinajstić information content (AvgIpc) is 3.43. The van der Waals surface area contributed by atoms with Gasteiger partial charge in [0.1, 0.15) is 10.9 Å². The quantitative estimate of drug-likeness (QED) is 0.532. The minimum absolute atomic E-state index is 0.0471. The molecular weight excluding hydrogens is 426 g/mol. The van der Waals surface area contributed by atoms with Gasteiger partial charge in [-0.2, -0.15) is 4.37 Å². The Kier molecular flexibility index (Phi) is 7.84. The lowest BCUT2D eigenvalue weighted by Gasteiger charge is -2.31. The molecule has 0 radical (unpaired) electrons. The van der Waals surface area contributed by atoms with Gasteiger partial charge in [0.15, 0.2) is 5.69 Å². The summed E-state index contributed by atoms with van der Waals surface area (Å²) in [6.45, 7) is 4.03. The number of nitrogens with one attached hydrogen (secondary N) is 1. The van der Waals surface area contributed by atoms with Gasteiger partial charge in [-0.1, -0.05) is 45.2 Å². The summed E-state index contributed by atoms with van der Waals surface area (Å²) in [6, 6.07) is 7.00. The van der Waals surface area contributed by atoms with Crippen LogP contribution in [0, 0.1) is 0 Å². The molecule has 1 aromatic carbocycles. The van der Waals surface area contributed by atoms with E-state index in [0.717, 1.165) is 49.2 Å². The number of aryl methyl sites for hydroxylation is 1. The Morgan fingerprint density at radius 2 is 1.84 bits per heavy atom. The number of carbonyl (C=O) groups is 3. The monoisotopic (exact) mass is 457 g/mol. The van der Waals surface area contributed by atoms with Gasteiger partial charge >= 0.3 is 0 Å². The molecule has 3 amide bonds. The van der Waals surface area contributed by atoms with Crippen molar-refractivity contribution >= 4 is 40.6 Å². The molecule has 0 unspecified atom stereocenters. The van der Waals surface area contributed by atoms with E-state index in [1.807, 2.05) is 31.2 Å². The van der Waals surface area contributed by atoms with Gasteiger partial charge < -0.3 is 16.8 Å². The highest BCUT2D eigenvalue weighted by Gasteiger charge is 2.35. The van der Waals surface area contributed by atoms with E-state index in [2.05, 4.69) is 16.6 Å². The Hall–Kier alpha value is -2.94. The molecule has 0 aliphatic heterocycles. The third-order valence-electron chi connectivity index (χ3n) is 5.88. The molecule has 1 heterocycles. The average molecular weight is 458 g/mol. The SMILES string of the molecule is CCC[C@H](C(=O)NC1CCCC1)N(C(=O)c1snc(C(N)=O)c1N)c1ccc(CC)cc1. The number of amides is 3. The molecule has 32 heavy (non-hydrogen) atoms. The summed E-state index contributed by atoms with van der Waals surface area (Å²) in [6.07, 6.45) is 6.15. The Bertz CT molecular complexity index is 967. The number of nitrogen functional groups attached to an aromatic ring is 1. The summed E-state index contributed by atoms with van der Waals surface area (Å²) in [4.78, 5) is 40.2. The summed E-state index contributed by atoms with van der Waals surface area (Å²) in [5.74, 6) is -1.43. The van der Waals surface area contributed by atoms with E-state index in [0.29, 0.717) is 18.5 Å². The lowest BCUT2D eigenvalue weighted by molar-refractivity contribution is -0.123. The second-order valence-electron chi connectivity index (χ2n) is 8.13. The predicted molar refractivity (Wildman–Crippen MR) is 127 cm³/mol. The van der Waals surface area contributed by atoms with Crippen LogP contribution >= 0.6 is 11.5 Å². The van der Waals surface area contributed by atoms with Crippen LogP contribution in [0.3, 0.4) is 0 Å². The van der Waals surface area contributed by atoms with Crippen molar-refractivity contribution in [1.82, 2.24) is 9.69 Å². The number of aromatic nitrogens is 1. The Balaban J connectivity index is 2.01. The maximum Gasteiger partial charge on any atom is 0.272 e. The third kappa shape index (κ3) is 5.09. The van der Waals surface area contributed by atoms with Crippen LogP contribution in [0.25, 0.3) is 0 Å². The van der Waals surface area contributed by atoms with E-state index in [1.54, 1.807) is 0 Å². The number of carbonyl (C=O) groups excluding carboxylic acids is 3. The van der Waals surface area contributed by atoms with Crippen molar-refractivity contribution in [3.05, 3.63) is 40.4 Å². The zero-order chi connectivity index (χ0) is 23.3. The van der Waals surface area contributed by atoms with Crippen molar-refractivity contribution in [3.8, 4) is 0 Å². The zero-order valence-electron chi connectivity index (χ0n) is 18.6. The third-order valence-corrected chi connectivity index (χ3v) is 6.73. The minimum atomic E-state index is -0.791. The first kappa shape index (κ1) is 23.7. The highest BCUT2D eigenvalue weighted by molar-refractivity contribution is 7.09. The standard InChI is InChI=1S/C23H31N5O3S/c1-3-7-17(22(30)26-15-8-5-6-9-15)28(16-12-10-14(4-2)11-13-16)23(31)20-18(24)19(21(25)29)27-32-20/h10-13,15,17H,3-9,24H2,1-2H3,(H2,25,29)(H,26,30)/t17-/m1/s1. The summed E-state index contributed by atoms with van der Waals surface area (Å²) >= 11 is 0.825. The second kappa shape index (κ2) is 10.6. The Labute approximate surface area is 192 Å². The van der Waals surface area contributed by atoms with E-state index in [9.17, 15) is 14.4 Å². The first-order chi connectivity index (χ1) is 15.4. The molecule has 0 saturated heterocycles. The predicted octanol–water partition coefficient (Wildman–Crippen LogP) is 3.26. The molecule has 0 bridgehead atoms. The van der Waals surface area contributed by atoms with Crippen LogP contribution in [0.5, 0.6) is 0 Å². The van der Waals surface area contributed by atoms with E-state index in [4.69, 9.17) is 11.5 Å². The summed E-state index contributed by atoms with van der Waals surface area (Å²) in [5, 5.41) is 3.13. The van der Waals surface area contributed by atoms with Crippen LogP contribution in [-0.2, 0) is 11.2 Å². The van der Waals surface area contributed by atoms with E-state index < -0.39 is 17.9 Å². The molecule has 1 aliphatic rings. The molecule has 3 rings (SSSR count). The van der Waals surface area contributed by atoms with Gasteiger partial charge in [-0.25, -0.2) is 0 Å². The molecular formula is C23H31N5O3S. The van der Waals surface area contributed by atoms with E-state index in [-0.39, 0.29) is 28.2 Å². The topological polar surface area (TPSA) is 131 Å². The van der Waals surface area contributed by atoms with Crippen LogP contribution in [0.4, 0.5) is 11.4 Å². The summed E-state index contributed by atoms with van der Waals surface area (Å²) in [5.41, 5.74) is 12.9. The molecule has 0 spiro atoms. The molecule has 1 fully saturated rings. The molecule has 1 aliphatic carbocycles. The van der Waals surface area contributed by atoms with Crippen LogP contribution in [0.2, 0.25) is 0 Å². The van der Waals surface area contributed by atoms with E-state index >= 15 is 0 Å². The zero-order valence-corrected chi connectivity index (χ0v) is 19.4. The van der Waals surface area contributed by atoms with Crippen LogP contribution in [-0.4, -0.2) is 34.2 Å². The van der Waals surface area contributed by atoms with E-state index in [1.165, 1.54) is 4.90 Å². The van der Waals surface area contributed by atoms with Crippen LogP contribution in [0.15, 0.2) is 24.3 Å². The smallest absolute Gasteiger partial charge is 0.272 e. The van der Waals surface area contributed by atoms with Crippen molar-refractivity contribution in [3.63, 3.8) is 0 Å². The van der Waals surface area contributed by atoms with Gasteiger partial charge in [-0.3, -0.25) is 19.3 Å². The number of benzene rings is 1. The summed E-state index contributed by atoms with van der Waals surface area (Å²) in [7, 11) is 0. The van der Waals surface area contributed by atoms with Gasteiger partial charge in [0.2, 0.25) is 5.91 Å². The first-order valence-corrected chi connectivity index (χ1v) is 11.9. The molecule has 1 atom stereocenters. The highest BCUT2D eigenvalue weighted by atomic mass is 32.1. The molecule has 1 aromatic heterocycles. The maximum atomic E-state index is 13.7. The van der Waals surface area contributed by atoms with Crippen molar-refractivity contribution in [2.45, 2.75) is 70.9 Å². The molecule has 9 heteroatoms.